The number of pyridine rings is 1. The van der Waals surface area contributed by atoms with Crippen LogP contribution in [0.4, 0.5) is 5.82 Å². The molecule has 10 heteroatoms. The second-order valence-electron chi connectivity index (χ2n) is 6.44. The normalized spacial score (nSPS) is 11.1. The van der Waals surface area contributed by atoms with Crippen LogP contribution in [0.1, 0.15) is 34.4 Å². The molecule has 0 saturated heterocycles. The lowest BCUT2D eigenvalue weighted by Crippen LogP contribution is -2.35. The Labute approximate surface area is 184 Å². The van der Waals surface area contributed by atoms with Crippen LogP contribution in [0.15, 0.2) is 35.4 Å². The number of nitrogens with zero attached hydrogens (tertiary/aromatic N) is 4. The van der Waals surface area contributed by atoms with Crippen molar-refractivity contribution in [3.8, 4) is 12.1 Å². The van der Waals surface area contributed by atoms with Gasteiger partial charge in [-0.1, -0.05) is 49.0 Å². The third-order valence-corrected chi connectivity index (χ3v) is 5.63. The fraction of sp³-hybridized carbons (Fsp3) is 0.286. The van der Waals surface area contributed by atoms with E-state index in [9.17, 15) is 20.1 Å². The number of amides is 2. The van der Waals surface area contributed by atoms with Gasteiger partial charge in [-0.05, 0) is 17.5 Å². The summed E-state index contributed by atoms with van der Waals surface area (Å²) in [5.74, 6) is -0.798. The third-order valence-electron chi connectivity index (χ3n) is 4.37. The number of nitrogens with two attached hydrogens (primary N) is 1. The van der Waals surface area contributed by atoms with E-state index in [0.29, 0.717) is 17.5 Å². The molecule has 1 unspecified atom stereocenters. The molecule has 160 valence electrons. The van der Waals surface area contributed by atoms with Crippen LogP contribution < -0.4 is 16.1 Å². The molecule has 31 heavy (non-hydrogen) atoms. The van der Waals surface area contributed by atoms with Gasteiger partial charge in [0.1, 0.15) is 34.8 Å². The predicted molar refractivity (Wildman–Crippen MR) is 116 cm³/mol. The standard InChI is InChI=1S/C21H22N6O3S/c1-4-14-15(10-22)20(27(2)12-17(28)26-30-3)25-21(16(14)11-23)31-18(19(24)29)13-8-6-5-7-9-13/h5-9,18H,4,12H2,1-3H3,(H2,24,29)(H,26,28). The van der Waals surface area contributed by atoms with Crippen molar-refractivity contribution in [2.24, 2.45) is 5.73 Å². The van der Waals surface area contributed by atoms with Gasteiger partial charge in [-0.2, -0.15) is 10.5 Å². The Kier molecular flexibility index (Phi) is 8.38. The number of primary amides is 1. The molecule has 2 rings (SSSR count). The lowest BCUT2D eigenvalue weighted by atomic mass is 10.0. The highest BCUT2D eigenvalue weighted by Gasteiger charge is 2.27. The molecule has 1 aromatic heterocycles. The number of thioether (sulfide) groups is 1. The summed E-state index contributed by atoms with van der Waals surface area (Å²) in [5.41, 5.74) is 9.42. The molecule has 2 amide bonds. The van der Waals surface area contributed by atoms with Crippen LogP contribution in [0.5, 0.6) is 0 Å². The maximum absolute atomic E-state index is 12.2. The molecule has 9 nitrogen and oxygen atoms in total. The summed E-state index contributed by atoms with van der Waals surface area (Å²) in [5, 5.41) is 19.0. The predicted octanol–water partition coefficient (Wildman–Crippen LogP) is 1.82. The van der Waals surface area contributed by atoms with Crippen LogP contribution >= 0.6 is 11.8 Å². The number of likely N-dealkylation sites (N-methyl/N-ethyl adjacent to an activating group) is 1. The van der Waals surface area contributed by atoms with Gasteiger partial charge in [-0.15, -0.1) is 0 Å². The van der Waals surface area contributed by atoms with Gasteiger partial charge in [-0.3, -0.25) is 14.4 Å². The van der Waals surface area contributed by atoms with E-state index >= 15 is 0 Å². The molecule has 0 aliphatic carbocycles. The Balaban J connectivity index is 2.61. The van der Waals surface area contributed by atoms with Gasteiger partial charge in [0.2, 0.25) is 5.91 Å². The van der Waals surface area contributed by atoms with Crippen molar-refractivity contribution < 1.29 is 14.4 Å². The lowest BCUT2D eigenvalue weighted by Gasteiger charge is -2.23. The zero-order chi connectivity index (χ0) is 23.0. The summed E-state index contributed by atoms with van der Waals surface area (Å²) in [6.45, 7) is 1.68. The van der Waals surface area contributed by atoms with Crippen molar-refractivity contribution in [2.75, 3.05) is 25.6 Å². The number of hydrogen-bond acceptors (Lipinski definition) is 8. The second-order valence-corrected chi connectivity index (χ2v) is 7.54. The molecule has 0 radical (unpaired) electrons. The number of hydrogen-bond donors (Lipinski definition) is 2. The van der Waals surface area contributed by atoms with Crippen LogP contribution in [-0.4, -0.2) is 37.5 Å². The Bertz CT molecular complexity index is 1050. The smallest absolute Gasteiger partial charge is 0.263 e. The highest BCUT2D eigenvalue weighted by Crippen LogP contribution is 2.39. The van der Waals surface area contributed by atoms with Crippen molar-refractivity contribution in [1.82, 2.24) is 10.5 Å². The minimum Gasteiger partial charge on any atom is -0.368 e. The van der Waals surface area contributed by atoms with Crippen molar-refractivity contribution in [3.63, 3.8) is 0 Å². The summed E-state index contributed by atoms with van der Waals surface area (Å²) in [6.07, 6.45) is 0.388. The number of anilines is 1. The summed E-state index contributed by atoms with van der Waals surface area (Å²) < 4.78 is 0. The number of carbonyl (C=O) groups excluding carboxylic acids is 2. The zero-order valence-electron chi connectivity index (χ0n) is 17.4. The molecule has 0 spiro atoms. The minimum atomic E-state index is -0.784. The van der Waals surface area contributed by atoms with Gasteiger partial charge in [0.25, 0.3) is 5.91 Å². The number of carbonyl (C=O) groups is 2. The highest BCUT2D eigenvalue weighted by atomic mass is 32.2. The van der Waals surface area contributed by atoms with Crippen molar-refractivity contribution in [2.45, 2.75) is 23.6 Å². The van der Waals surface area contributed by atoms with Gasteiger partial charge < -0.3 is 10.6 Å². The van der Waals surface area contributed by atoms with Crippen molar-refractivity contribution in [3.05, 3.63) is 52.6 Å². The average molecular weight is 439 g/mol. The van der Waals surface area contributed by atoms with Gasteiger partial charge in [0, 0.05) is 7.05 Å². The Morgan fingerprint density at radius 2 is 1.90 bits per heavy atom. The average Bonchev–Trinajstić information content (AvgIpc) is 2.76. The van der Waals surface area contributed by atoms with E-state index in [1.807, 2.05) is 13.0 Å². The first-order valence-electron chi connectivity index (χ1n) is 9.28. The summed E-state index contributed by atoms with van der Waals surface area (Å²) in [4.78, 5) is 34.7. The molecule has 1 aromatic carbocycles. The van der Waals surface area contributed by atoms with E-state index in [1.165, 1.54) is 12.0 Å². The largest absolute Gasteiger partial charge is 0.368 e. The molecule has 1 heterocycles. The van der Waals surface area contributed by atoms with E-state index in [1.54, 1.807) is 31.3 Å². The first-order valence-corrected chi connectivity index (χ1v) is 10.2. The number of aromatic nitrogens is 1. The molecule has 2 aromatic rings. The quantitative estimate of drug-likeness (QED) is 0.445. The number of rotatable bonds is 9. The van der Waals surface area contributed by atoms with Crippen LogP contribution in [0.3, 0.4) is 0 Å². The maximum atomic E-state index is 12.2. The van der Waals surface area contributed by atoms with E-state index in [2.05, 4.69) is 27.4 Å². The van der Waals surface area contributed by atoms with Crippen LogP contribution in [0.2, 0.25) is 0 Å². The zero-order valence-corrected chi connectivity index (χ0v) is 18.2. The third kappa shape index (κ3) is 5.51. The number of nitrogens with one attached hydrogen (secondary N) is 1. The van der Waals surface area contributed by atoms with Crippen LogP contribution in [-0.2, 0) is 20.8 Å². The van der Waals surface area contributed by atoms with Crippen LogP contribution in [0.25, 0.3) is 0 Å². The van der Waals surface area contributed by atoms with Gasteiger partial charge in [-0.25, -0.2) is 10.5 Å². The number of nitriles is 2. The van der Waals surface area contributed by atoms with E-state index in [-0.39, 0.29) is 28.5 Å². The Morgan fingerprint density at radius 1 is 1.26 bits per heavy atom. The summed E-state index contributed by atoms with van der Waals surface area (Å²) in [7, 11) is 2.91. The van der Waals surface area contributed by atoms with E-state index in [4.69, 9.17) is 5.73 Å². The monoisotopic (exact) mass is 438 g/mol. The first-order chi connectivity index (χ1) is 14.9. The number of benzene rings is 1. The van der Waals surface area contributed by atoms with Crippen LogP contribution in [0, 0.1) is 22.7 Å². The highest BCUT2D eigenvalue weighted by molar-refractivity contribution is 8.00. The molecular weight excluding hydrogens is 416 g/mol. The van der Waals surface area contributed by atoms with Gasteiger partial charge in [0.15, 0.2) is 0 Å². The van der Waals surface area contributed by atoms with Crippen molar-refractivity contribution in [1.29, 1.82) is 10.5 Å². The second kappa shape index (κ2) is 11.0. The van der Waals surface area contributed by atoms with Gasteiger partial charge >= 0.3 is 0 Å². The number of hydroxylamine groups is 1. The maximum Gasteiger partial charge on any atom is 0.263 e. The van der Waals surface area contributed by atoms with Crippen molar-refractivity contribution >= 4 is 29.4 Å². The first kappa shape index (κ1) is 23.7. The Morgan fingerprint density at radius 3 is 2.42 bits per heavy atom. The Hall–Kier alpha value is -3.60. The molecule has 0 bridgehead atoms. The minimum absolute atomic E-state index is 0.132. The summed E-state index contributed by atoms with van der Waals surface area (Å²) >= 11 is 1.04. The van der Waals surface area contributed by atoms with E-state index < -0.39 is 17.1 Å². The molecule has 1 atom stereocenters. The molecule has 0 aliphatic heterocycles. The van der Waals surface area contributed by atoms with E-state index in [0.717, 1.165) is 11.8 Å². The fourth-order valence-corrected chi connectivity index (χ4v) is 4.07. The van der Waals surface area contributed by atoms with Gasteiger partial charge in [0.05, 0.1) is 18.2 Å². The topological polar surface area (TPSA) is 145 Å². The molecule has 0 fully saturated rings. The molecule has 3 N–H and O–H groups in total. The summed E-state index contributed by atoms with van der Waals surface area (Å²) in [6, 6.07) is 13.1. The lowest BCUT2D eigenvalue weighted by molar-refractivity contribution is -0.129. The molecular formula is C21H22N6O3S. The molecule has 0 saturated carbocycles. The SMILES string of the molecule is CCc1c(C#N)c(SC(C(N)=O)c2ccccc2)nc(N(C)CC(=O)NOC)c1C#N. The fourth-order valence-electron chi connectivity index (χ4n) is 3.01. The molecule has 0 aliphatic rings.